The van der Waals surface area contributed by atoms with Crippen molar-refractivity contribution in [2.75, 3.05) is 6.54 Å². The largest absolute Gasteiger partial charge is 0.393 e. The minimum atomic E-state index is -4.07. The maximum absolute atomic E-state index is 13.2. The Morgan fingerprint density at radius 2 is 1.68 bits per heavy atom. The van der Waals surface area contributed by atoms with Crippen LogP contribution in [-0.2, 0) is 10.0 Å². The van der Waals surface area contributed by atoms with Gasteiger partial charge in [-0.1, -0.05) is 34.1 Å². The number of hydrogen-bond donors (Lipinski definition) is 4. The summed E-state index contributed by atoms with van der Waals surface area (Å²) in [7, 11) is -4.07. The Morgan fingerprint density at radius 1 is 1.02 bits per heavy atom. The van der Waals surface area contributed by atoms with Crippen molar-refractivity contribution >= 4 is 16.1 Å². The average molecular weight is 593 g/mol. The highest BCUT2D eigenvalue weighted by atomic mass is 32.2. The molecule has 4 fully saturated rings. The zero-order valence-electron chi connectivity index (χ0n) is 25.0. The molecule has 2 unspecified atom stereocenters. The number of nitrogens with one attached hydrogen (secondary N) is 2. The summed E-state index contributed by atoms with van der Waals surface area (Å²) in [6, 6.07) is 3.56. The molecule has 4 aliphatic carbocycles. The molecule has 0 aliphatic heterocycles. The van der Waals surface area contributed by atoms with Gasteiger partial charge in [-0.05, 0) is 128 Å². The van der Waals surface area contributed by atoms with Crippen molar-refractivity contribution in [2.24, 2.45) is 52.3 Å². The van der Waals surface area contributed by atoms with Crippen LogP contribution in [0, 0.1) is 58.1 Å². The maximum Gasteiger partial charge on any atom is 0.328 e. The van der Waals surface area contributed by atoms with Gasteiger partial charge in [0, 0.05) is 6.54 Å². The van der Waals surface area contributed by atoms with Crippen molar-refractivity contribution in [3.8, 4) is 0 Å². The normalized spacial score (nSPS) is 41.0. The topological polar surface area (TPSA) is 116 Å². The van der Waals surface area contributed by atoms with Crippen molar-refractivity contribution in [3.05, 3.63) is 30.1 Å². The summed E-state index contributed by atoms with van der Waals surface area (Å²) in [4.78, 5) is 12.2. The smallest absolute Gasteiger partial charge is 0.328 e. The van der Waals surface area contributed by atoms with Gasteiger partial charge in [-0.15, -0.1) is 0 Å². The van der Waals surface area contributed by atoms with Crippen LogP contribution >= 0.6 is 0 Å². The van der Waals surface area contributed by atoms with Crippen LogP contribution in [0.1, 0.15) is 85.5 Å². The Bertz CT molecular complexity index is 1210. The summed E-state index contributed by atoms with van der Waals surface area (Å²) in [5.41, 5.74) is 0.311. The fourth-order valence-electron chi connectivity index (χ4n) is 10.4. The van der Waals surface area contributed by atoms with E-state index in [4.69, 9.17) is 0 Å². The highest BCUT2D eigenvalue weighted by Crippen LogP contribution is 2.69. The van der Waals surface area contributed by atoms with Gasteiger partial charge >= 0.3 is 6.03 Å². The van der Waals surface area contributed by atoms with Crippen LogP contribution in [0.5, 0.6) is 0 Å². The molecular formula is C32H49FN2O5S. The molecule has 4 saturated carbocycles. The number of rotatable bonds is 7. The van der Waals surface area contributed by atoms with E-state index in [1.165, 1.54) is 0 Å². The lowest BCUT2D eigenvalue weighted by Gasteiger charge is -2.64. The van der Waals surface area contributed by atoms with E-state index in [0.29, 0.717) is 42.1 Å². The van der Waals surface area contributed by atoms with E-state index in [-0.39, 0.29) is 33.9 Å². The molecule has 0 saturated heterocycles. The van der Waals surface area contributed by atoms with Gasteiger partial charge in [0.05, 0.1) is 17.1 Å². The quantitative estimate of drug-likeness (QED) is 0.335. The van der Waals surface area contributed by atoms with Crippen molar-refractivity contribution in [3.63, 3.8) is 0 Å². The molecule has 0 spiro atoms. The first-order chi connectivity index (χ1) is 19.3. The summed E-state index contributed by atoms with van der Waals surface area (Å²) in [5, 5.41) is 25.1. The minimum Gasteiger partial charge on any atom is -0.393 e. The van der Waals surface area contributed by atoms with Crippen LogP contribution in [0.25, 0.3) is 0 Å². The Balaban J connectivity index is 1.22. The van der Waals surface area contributed by atoms with E-state index in [2.05, 4.69) is 33.0 Å². The summed E-state index contributed by atoms with van der Waals surface area (Å²) in [6.07, 6.45) is 8.37. The van der Waals surface area contributed by atoms with Crippen molar-refractivity contribution in [1.29, 1.82) is 0 Å². The zero-order valence-corrected chi connectivity index (χ0v) is 25.8. The molecule has 0 heterocycles. The number of carbonyl (C=O) groups is 1. The van der Waals surface area contributed by atoms with E-state index in [9.17, 15) is 27.8 Å². The molecule has 1 aromatic rings. The molecule has 11 atom stereocenters. The Hall–Kier alpha value is -1.71. The maximum atomic E-state index is 13.2. The second kappa shape index (κ2) is 11.4. The van der Waals surface area contributed by atoms with Crippen LogP contribution in [0.3, 0.4) is 0 Å². The second-order valence-electron chi connectivity index (χ2n) is 14.2. The lowest BCUT2D eigenvalue weighted by atomic mass is 9.41. The summed E-state index contributed by atoms with van der Waals surface area (Å²) in [6.45, 7) is 9.69. The number of benzene rings is 1. The highest BCUT2D eigenvalue weighted by Gasteiger charge is 2.64. The molecule has 4 aliphatic rings. The lowest BCUT2D eigenvalue weighted by Crippen LogP contribution is -2.62. The summed E-state index contributed by atoms with van der Waals surface area (Å²) >= 11 is 0. The molecular weight excluding hydrogens is 543 g/mol. The summed E-state index contributed by atoms with van der Waals surface area (Å²) < 4.78 is 40.1. The zero-order chi connectivity index (χ0) is 29.7. The monoisotopic (exact) mass is 592 g/mol. The predicted octanol–water partition coefficient (Wildman–Crippen LogP) is 5.47. The van der Waals surface area contributed by atoms with E-state index >= 15 is 0 Å². The molecule has 41 heavy (non-hydrogen) atoms. The van der Waals surface area contributed by atoms with E-state index in [1.807, 2.05) is 4.72 Å². The second-order valence-corrected chi connectivity index (χ2v) is 15.9. The van der Waals surface area contributed by atoms with E-state index in [1.54, 1.807) is 0 Å². The number of halogens is 1. The first-order valence-electron chi connectivity index (χ1n) is 15.7. The van der Waals surface area contributed by atoms with Gasteiger partial charge in [-0.2, -0.15) is 0 Å². The SMILES string of the molecule is CC[C@H]1[C@@H](O)C2[C@H](CC[C@]3(C)[C@@H]([C@H](C)CCNC(=O)NS(=O)(=O)c4ccc(F)cc4)CC[C@@H]23)C2(C)CC[C@@H](O)C[C@@H]12. The highest BCUT2D eigenvalue weighted by molar-refractivity contribution is 7.90. The third kappa shape index (κ3) is 5.44. The number of sulfonamides is 1. The summed E-state index contributed by atoms with van der Waals surface area (Å²) in [5.74, 6) is 2.17. The number of carbonyl (C=O) groups excluding carboxylic acids is 1. The number of aliphatic hydroxyl groups excluding tert-OH is 2. The molecule has 2 amide bonds. The Labute approximate surface area is 245 Å². The third-order valence-corrected chi connectivity index (χ3v) is 13.7. The van der Waals surface area contributed by atoms with Crippen LogP contribution in [0.2, 0.25) is 0 Å². The lowest BCUT2D eigenvalue weighted by molar-refractivity contribution is -0.203. The minimum absolute atomic E-state index is 0.130. The first-order valence-corrected chi connectivity index (χ1v) is 17.2. The van der Waals surface area contributed by atoms with Gasteiger partial charge in [0.1, 0.15) is 5.82 Å². The Kier molecular flexibility index (Phi) is 8.56. The van der Waals surface area contributed by atoms with Crippen molar-refractivity contribution in [2.45, 2.75) is 103 Å². The molecule has 4 N–H and O–H groups in total. The van der Waals surface area contributed by atoms with E-state index < -0.39 is 21.9 Å². The molecule has 9 heteroatoms. The number of aliphatic hydroxyl groups is 2. The van der Waals surface area contributed by atoms with Crippen molar-refractivity contribution in [1.82, 2.24) is 10.0 Å². The molecule has 5 rings (SSSR count). The standard InChI is InChI=1S/C32H49FN2O5S/c1-5-23-27-18-21(36)12-15-32(27,4)26-13-16-31(3)24(10-11-25(31)28(26)29(23)37)19(2)14-17-34-30(38)35-41(39,40)22-8-6-20(33)7-9-22/h6-9,19,21,23-29,36-37H,5,10-18H2,1-4H3,(H2,34,35,38)/t19-,21-,23-,24-,25+,26+,27+,28?,29-,31-,32?/m1/s1. The van der Waals surface area contributed by atoms with Crippen LogP contribution < -0.4 is 10.0 Å². The van der Waals surface area contributed by atoms with Crippen LogP contribution in [0.15, 0.2) is 29.2 Å². The fraction of sp³-hybridized carbons (Fsp3) is 0.781. The fourth-order valence-corrected chi connectivity index (χ4v) is 11.3. The third-order valence-electron chi connectivity index (χ3n) is 12.4. The van der Waals surface area contributed by atoms with Crippen molar-refractivity contribution < 1.29 is 27.8 Å². The van der Waals surface area contributed by atoms with E-state index in [0.717, 1.165) is 82.1 Å². The Morgan fingerprint density at radius 3 is 2.37 bits per heavy atom. The molecule has 0 radical (unpaired) electrons. The van der Waals surface area contributed by atoms with Gasteiger partial charge in [-0.25, -0.2) is 22.3 Å². The number of amides is 2. The van der Waals surface area contributed by atoms with Crippen LogP contribution in [0.4, 0.5) is 9.18 Å². The number of fused-ring (bicyclic) bond motifs is 5. The predicted molar refractivity (Wildman–Crippen MR) is 156 cm³/mol. The molecule has 0 aromatic heterocycles. The molecule has 230 valence electrons. The van der Waals surface area contributed by atoms with Gasteiger partial charge < -0.3 is 15.5 Å². The van der Waals surface area contributed by atoms with Gasteiger partial charge in [0.25, 0.3) is 10.0 Å². The molecule has 0 bridgehead atoms. The first kappa shape index (κ1) is 30.7. The van der Waals surface area contributed by atoms with Gasteiger partial charge in [0.2, 0.25) is 0 Å². The number of hydrogen-bond acceptors (Lipinski definition) is 5. The van der Waals surface area contributed by atoms with Gasteiger partial charge in [0.15, 0.2) is 0 Å². The molecule has 7 nitrogen and oxygen atoms in total. The van der Waals surface area contributed by atoms with Crippen LogP contribution in [-0.4, -0.2) is 43.4 Å². The number of urea groups is 1. The average Bonchev–Trinajstić information content (AvgIpc) is 3.27. The van der Waals surface area contributed by atoms with Gasteiger partial charge in [-0.3, -0.25) is 0 Å². The molecule has 1 aromatic carbocycles.